The molecule has 0 saturated heterocycles. The number of aliphatic hydroxyl groups is 3. The number of para-hydroxylation sites is 1. The van der Waals surface area contributed by atoms with Crippen LogP contribution in [0.15, 0.2) is 24.3 Å². The Morgan fingerprint density at radius 1 is 1.06 bits per heavy atom. The summed E-state index contributed by atoms with van der Waals surface area (Å²) in [6.45, 7) is 1.69. The van der Waals surface area contributed by atoms with Crippen molar-refractivity contribution in [3.63, 3.8) is 0 Å². The molecular weight excluding hydrogens is 232 g/mol. The van der Waals surface area contributed by atoms with E-state index in [4.69, 9.17) is 15.9 Å². The topological polar surface area (TPSA) is 90.0 Å². The molecule has 0 aliphatic heterocycles. The van der Waals surface area contributed by atoms with Crippen molar-refractivity contribution in [2.24, 2.45) is 0 Å². The van der Waals surface area contributed by atoms with E-state index in [2.05, 4.69) is 0 Å². The molecule has 0 spiro atoms. The van der Waals surface area contributed by atoms with Crippen molar-refractivity contribution in [2.45, 2.75) is 12.5 Å². The fourth-order valence-electron chi connectivity index (χ4n) is 1.89. The zero-order valence-electron chi connectivity index (χ0n) is 10.5. The van der Waals surface area contributed by atoms with Crippen molar-refractivity contribution < 1.29 is 15.3 Å². The molecule has 18 heavy (non-hydrogen) atoms. The summed E-state index contributed by atoms with van der Waals surface area (Å²) >= 11 is 0. The molecule has 0 aromatic heterocycles. The third-order valence-corrected chi connectivity index (χ3v) is 2.91. The minimum atomic E-state index is -0.619. The number of nitrogens with zero attached hydrogens (tertiary/aromatic N) is 1. The van der Waals surface area contributed by atoms with Gasteiger partial charge in [0.15, 0.2) is 0 Å². The summed E-state index contributed by atoms with van der Waals surface area (Å²) in [6, 6.07) is 7.24. The normalized spacial score (nSPS) is 12.9. The van der Waals surface area contributed by atoms with E-state index >= 15 is 0 Å². The Balaban J connectivity index is 2.49. The van der Waals surface area contributed by atoms with Gasteiger partial charge in [0.05, 0.1) is 19.3 Å². The van der Waals surface area contributed by atoms with Crippen LogP contribution in [0, 0.1) is 0 Å². The van der Waals surface area contributed by atoms with E-state index in [0.29, 0.717) is 31.7 Å². The monoisotopic (exact) mass is 254 g/mol. The van der Waals surface area contributed by atoms with Crippen LogP contribution in [0.5, 0.6) is 0 Å². The zero-order valence-corrected chi connectivity index (χ0v) is 10.5. The summed E-state index contributed by atoms with van der Waals surface area (Å²) in [4.78, 5) is 1.91. The van der Waals surface area contributed by atoms with Crippen LogP contribution >= 0.6 is 0 Å². The summed E-state index contributed by atoms with van der Waals surface area (Å²) in [5.41, 5.74) is 7.10. The number of anilines is 1. The molecule has 1 aromatic carbocycles. The van der Waals surface area contributed by atoms with Gasteiger partial charge in [-0.1, -0.05) is 18.2 Å². The van der Waals surface area contributed by atoms with E-state index in [0.717, 1.165) is 5.56 Å². The number of aliphatic hydroxyl groups excluding tert-OH is 3. The van der Waals surface area contributed by atoms with E-state index in [1.807, 2.05) is 23.1 Å². The molecule has 0 fully saturated rings. The first-order valence-corrected chi connectivity index (χ1v) is 6.15. The maximum Gasteiger partial charge on any atom is 0.0822 e. The molecule has 1 rings (SSSR count). The van der Waals surface area contributed by atoms with Gasteiger partial charge in [-0.3, -0.25) is 4.90 Å². The summed E-state index contributed by atoms with van der Waals surface area (Å²) < 4.78 is 0. The number of benzene rings is 1. The van der Waals surface area contributed by atoms with E-state index in [9.17, 15) is 5.11 Å². The Morgan fingerprint density at radius 2 is 1.67 bits per heavy atom. The summed E-state index contributed by atoms with van der Waals surface area (Å²) in [5, 5.41) is 27.8. The molecule has 0 saturated carbocycles. The smallest absolute Gasteiger partial charge is 0.0822 e. The lowest BCUT2D eigenvalue weighted by atomic mass is 10.0. The van der Waals surface area contributed by atoms with Crippen molar-refractivity contribution in [1.82, 2.24) is 4.90 Å². The van der Waals surface area contributed by atoms with Crippen LogP contribution in [-0.2, 0) is 0 Å². The summed E-state index contributed by atoms with van der Waals surface area (Å²) in [7, 11) is 0. The highest BCUT2D eigenvalue weighted by Gasteiger charge is 2.12. The molecule has 0 bridgehead atoms. The molecule has 102 valence electrons. The molecule has 5 heteroatoms. The second kappa shape index (κ2) is 8.05. The van der Waals surface area contributed by atoms with Crippen LogP contribution in [-0.4, -0.2) is 53.1 Å². The second-order valence-corrected chi connectivity index (χ2v) is 4.22. The van der Waals surface area contributed by atoms with Crippen LogP contribution in [0.1, 0.15) is 18.1 Å². The standard InChI is InChI=1S/C13H22N2O3/c14-12-4-2-1-3-11(12)13(18)5-6-15(7-9-16)8-10-17/h1-4,13,16-18H,5-10,14H2. The van der Waals surface area contributed by atoms with E-state index in [1.54, 1.807) is 6.07 Å². The quantitative estimate of drug-likeness (QED) is 0.490. The van der Waals surface area contributed by atoms with Crippen molar-refractivity contribution in [1.29, 1.82) is 0 Å². The largest absolute Gasteiger partial charge is 0.398 e. The minimum Gasteiger partial charge on any atom is -0.398 e. The molecule has 1 aromatic rings. The molecule has 1 atom stereocenters. The lowest BCUT2D eigenvalue weighted by molar-refractivity contribution is 0.118. The zero-order chi connectivity index (χ0) is 13.4. The Labute approximate surface area is 107 Å². The summed E-state index contributed by atoms with van der Waals surface area (Å²) in [6.07, 6.45) is -0.0973. The van der Waals surface area contributed by atoms with Gasteiger partial charge in [0.2, 0.25) is 0 Å². The van der Waals surface area contributed by atoms with Crippen LogP contribution in [0.4, 0.5) is 5.69 Å². The lowest BCUT2D eigenvalue weighted by Gasteiger charge is -2.22. The van der Waals surface area contributed by atoms with Gasteiger partial charge in [-0.05, 0) is 12.5 Å². The van der Waals surface area contributed by atoms with Gasteiger partial charge in [0.1, 0.15) is 0 Å². The van der Waals surface area contributed by atoms with Crippen molar-refractivity contribution >= 4 is 5.69 Å². The molecule has 0 amide bonds. The summed E-state index contributed by atoms with van der Waals surface area (Å²) in [5.74, 6) is 0. The van der Waals surface area contributed by atoms with Crippen molar-refractivity contribution in [2.75, 3.05) is 38.6 Å². The van der Waals surface area contributed by atoms with Gasteiger partial charge in [0, 0.05) is 30.9 Å². The Bertz CT molecular complexity index is 341. The maximum absolute atomic E-state index is 10.1. The van der Waals surface area contributed by atoms with E-state index in [1.165, 1.54) is 0 Å². The van der Waals surface area contributed by atoms with Crippen LogP contribution < -0.4 is 5.73 Å². The van der Waals surface area contributed by atoms with Gasteiger partial charge >= 0.3 is 0 Å². The minimum absolute atomic E-state index is 0.0452. The molecule has 0 aliphatic carbocycles. The first-order chi connectivity index (χ1) is 8.69. The van der Waals surface area contributed by atoms with Crippen molar-refractivity contribution in [3.8, 4) is 0 Å². The predicted molar refractivity (Wildman–Crippen MR) is 71.0 cm³/mol. The van der Waals surface area contributed by atoms with Gasteiger partial charge in [0.25, 0.3) is 0 Å². The van der Waals surface area contributed by atoms with Crippen LogP contribution in [0.25, 0.3) is 0 Å². The van der Waals surface area contributed by atoms with Gasteiger partial charge in [-0.15, -0.1) is 0 Å². The third kappa shape index (κ3) is 4.62. The molecule has 1 unspecified atom stereocenters. The molecule has 0 heterocycles. The molecule has 5 N–H and O–H groups in total. The fraction of sp³-hybridized carbons (Fsp3) is 0.538. The Morgan fingerprint density at radius 3 is 2.22 bits per heavy atom. The Hall–Kier alpha value is -1.14. The first kappa shape index (κ1) is 14.9. The third-order valence-electron chi connectivity index (χ3n) is 2.91. The number of nitrogens with two attached hydrogens (primary N) is 1. The van der Waals surface area contributed by atoms with Gasteiger partial charge in [-0.25, -0.2) is 0 Å². The molecular formula is C13H22N2O3. The fourth-order valence-corrected chi connectivity index (χ4v) is 1.89. The highest BCUT2D eigenvalue weighted by Crippen LogP contribution is 2.22. The van der Waals surface area contributed by atoms with E-state index < -0.39 is 6.10 Å². The van der Waals surface area contributed by atoms with Crippen LogP contribution in [0.2, 0.25) is 0 Å². The number of hydrogen-bond donors (Lipinski definition) is 4. The van der Waals surface area contributed by atoms with Crippen LogP contribution in [0.3, 0.4) is 0 Å². The average molecular weight is 254 g/mol. The molecule has 0 radical (unpaired) electrons. The lowest BCUT2D eigenvalue weighted by Crippen LogP contribution is -2.31. The van der Waals surface area contributed by atoms with Gasteiger partial charge in [-0.2, -0.15) is 0 Å². The number of hydrogen-bond acceptors (Lipinski definition) is 5. The predicted octanol–water partition coefficient (Wildman–Crippen LogP) is -0.0211. The highest BCUT2D eigenvalue weighted by atomic mass is 16.3. The second-order valence-electron chi connectivity index (χ2n) is 4.22. The number of nitrogen functional groups attached to an aromatic ring is 1. The van der Waals surface area contributed by atoms with Gasteiger partial charge < -0.3 is 21.1 Å². The maximum atomic E-state index is 10.1. The molecule has 0 aliphatic rings. The number of rotatable bonds is 8. The van der Waals surface area contributed by atoms with Crippen molar-refractivity contribution in [3.05, 3.63) is 29.8 Å². The average Bonchev–Trinajstić information content (AvgIpc) is 2.36. The molecule has 5 nitrogen and oxygen atoms in total. The highest BCUT2D eigenvalue weighted by molar-refractivity contribution is 5.47. The Kier molecular flexibility index (Phi) is 6.67. The van der Waals surface area contributed by atoms with E-state index in [-0.39, 0.29) is 13.2 Å². The SMILES string of the molecule is Nc1ccccc1C(O)CCN(CCO)CCO. The first-order valence-electron chi connectivity index (χ1n) is 6.15.